The third-order valence-corrected chi connectivity index (χ3v) is 5.38. The van der Waals surface area contributed by atoms with Crippen molar-refractivity contribution in [2.75, 3.05) is 5.43 Å². The van der Waals surface area contributed by atoms with Crippen molar-refractivity contribution in [2.45, 2.75) is 13.1 Å². The van der Waals surface area contributed by atoms with Crippen LogP contribution in [0.15, 0.2) is 84.2 Å². The molecule has 0 amide bonds. The molecule has 2 aromatic heterocycles. The Balaban J connectivity index is 1.43. The molecule has 0 bridgehead atoms. The van der Waals surface area contributed by atoms with Crippen LogP contribution in [0, 0.1) is 9.54 Å². The van der Waals surface area contributed by atoms with Gasteiger partial charge >= 0.3 is 0 Å². The molecular formula is C22H21N9S2. The lowest BCUT2D eigenvalue weighted by Crippen LogP contribution is -1.98. The molecule has 0 aliphatic rings. The Morgan fingerprint density at radius 3 is 1.79 bits per heavy atom. The van der Waals surface area contributed by atoms with Crippen molar-refractivity contribution in [3.05, 3.63) is 83.4 Å². The number of hydrogen-bond acceptors (Lipinski definition) is 6. The molecule has 0 spiro atoms. The van der Waals surface area contributed by atoms with Crippen molar-refractivity contribution < 1.29 is 0 Å². The minimum atomic E-state index is 0.552. The maximum absolute atomic E-state index is 5.27. The number of allylic oxidation sites excluding steroid dienone is 2. The minimum Gasteiger partial charge on any atom is -0.296 e. The normalized spacial score (nSPS) is 11.0. The van der Waals surface area contributed by atoms with E-state index in [9.17, 15) is 0 Å². The van der Waals surface area contributed by atoms with E-state index in [4.69, 9.17) is 24.4 Å². The third-order valence-electron chi connectivity index (χ3n) is 4.75. The SMILES string of the molecule is C=CCn1c(-c2ccc(N=NNc3ccc(-c4n[nH]c(=S)n4CC=C)cc3)cc2)n[nH]c1=S. The third kappa shape index (κ3) is 4.94. The highest BCUT2D eigenvalue weighted by Gasteiger charge is 2.08. The van der Waals surface area contributed by atoms with E-state index in [1.807, 2.05) is 57.7 Å². The van der Waals surface area contributed by atoms with E-state index in [1.54, 1.807) is 12.2 Å². The Morgan fingerprint density at radius 2 is 1.30 bits per heavy atom. The second kappa shape index (κ2) is 10.1. The van der Waals surface area contributed by atoms with E-state index in [0.717, 1.165) is 28.5 Å². The van der Waals surface area contributed by atoms with Gasteiger partial charge in [0.15, 0.2) is 21.2 Å². The molecule has 9 nitrogen and oxygen atoms in total. The second-order valence-electron chi connectivity index (χ2n) is 6.94. The van der Waals surface area contributed by atoms with Gasteiger partial charge in [0.2, 0.25) is 0 Å². The fourth-order valence-corrected chi connectivity index (χ4v) is 3.60. The van der Waals surface area contributed by atoms with E-state index in [-0.39, 0.29) is 0 Å². The zero-order valence-corrected chi connectivity index (χ0v) is 19.2. The molecule has 2 aromatic carbocycles. The van der Waals surface area contributed by atoms with E-state index in [1.165, 1.54) is 0 Å². The number of hydrogen-bond donors (Lipinski definition) is 3. The highest BCUT2D eigenvalue weighted by atomic mass is 32.1. The van der Waals surface area contributed by atoms with Crippen molar-refractivity contribution in [3.8, 4) is 22.8 Å². The largest absolute Gasteiger partial charge is 0.296 e. The number of benzene rings is 2. The molecule has 3 N–H and O–H groups in total. The van der Waals surface area contributed by atoms with Gasteiger partial charge in [-0.15, -0.1) is 18.3 Å². The smallest absolute Gasteiger partial charge is 0.195 e. The van der Waals surface area contributed by atoms with Gasteiger partial charge in [-0.1, -0.05) is 17.4 Å². The molecule has 0 saturated heterocycles. The van der Waals surface area contributed by atoms with Crippen molar-refractivity contribution in [2.24, 2.45) is 10.3 Å². The zero-order valence-electron chi connectivity index (χ0n) is 17.6. The van der Waals surface area contributed by atoms with E-state index in [2.05, 4.69) is 49.3 Å². The fraction of sp³-hybridized carbons (Fsp3) is 0.0909. The molecular weight excluding hydrogens is 454 g/mol. The lowest BCUT2D eigenvalue weighted by molar-refractivity contribution is 0.814. The van der Waals surface area contributed by atoms with Crippen LogP contribution in [0.4, 0.5) is 11.4 Å². The number of aromatic nitrogens is 6. The number of H-pyrrole nitrogens is 2. The molecule has 2 heterocycles. The van der Waals surface area contributed by atoms with Gasteiger partial charge in [-0.2, -0.15) is 10.2 Å². The average molecular weight is 476 g/mol. The van der Waals surface area contributed by atoms with Gasteiger partial charge in [-0.25, -0.2) is 0 Å². The Hall–Kier alpha value is -3.96. The lowest BCUT2D eigenvalue weighted by atomic mass is 10.2. The van der Waals surface area contributed by atoms with Crippen molar-refractivity contribution >= 4 is 35.8 Å². The molecule has 4 aromatic rings. The molecule has 11 heteroatoms. The van der Waals surface area contributed by atoms with E-state index >= 15 is 0 Å². The second-order valence-corrected chi connectivity index (χ2v) is 7.71. The summed E-state index contributed by atoms with van der Waals surface area (Å²) in [5, 5.41) is 22.5. The number of rotatable bonds is 9. The number of aromatic amines is 2. The summed E-state index contributed by atoms with van der Waals surface area (Å²) in [6, 6.07) is 15.2. The Morgan fingerprint density at radius 1 is 0.818 bits per heavy atom. The summed E-state index contributed by atoms with van der Waals surface area (Å²) in [5.41, 5.74) is 6.27. The first-order valence-corrected chi connectivity index (χ1v) is 10.8. The first kappa shape index (κ1) is 22.2. The van der Waals surface area contributed by atoms with Crippen LogP contribution >= 0.6 is 24.4 Å². The van der Waals surface area contributed by atoms with Gasteiger partial charge in [0.05, 0.1) is 11.4 Å². The molecule has 0 radical (unpaired) electrons. The van der Waals surface area contributed by atoms with Gasteiger partial charge in [0, 0.05) is 24.2 Å². The Kier molecular flexibility index (Phi) is 6.81. The summed E-state index contributed by atoms with van der Waals surface area (Å²) in [5.74, 6) is 1.50. The van der Waals surface area contributed by atoms with Crippen molar-refractivity contribution in [3.63, 3.8) is 0 Å². The highest BCUT2D eigenvalue weighted by molar-refractivity contribution is 7.71. The Bertz CT molecular complexity index is 1400. The van der Waals surface area contributed by atoms with E-state index < -0.39 is 0 Å². The number of nitrogens with zero attached hydrogens (tertiary/aromatic N) is 6. The summed E-state index contributed by atoms with van der Waals surface area (Å²) in [6.45, 7) is 8.69. The highest BCUT2D eigenvalue weighted by Crippen LogP contribution is 2.23. The molecule has 4 rings (SSSR count). The quantitative estimate of drug-likeness (QED) is 0.119. The summed E-state index contributed by atoms with van der Waals surface area (Å²) in [4.78, 5) is 0. The van der Waals surface area contributed by atoms with Crippen LogP contribution in [-0.2, 0) is 13.1 Å². The standard InChI is InChI=1S/C22H21N9S2/c1-3-13-30-19(25-27-21(30)32)15-5-9-17(10-6-15)23-29-24-18-11-7-16(8-12-18)20-26-28-22(33)31(20)14-4-2/h3-12H,1-2,13-14H2,(H,23,24)(H,27,32)(H,28,33). The molecule has 0 fully saturated rings. The molecule has 0 saturated carbocycles. The fourth-order valence-electron chi connectivity index (χ4n) is 3.18. The van der Waals surface area contributed by atoms with Crippen LogP contribution in [0.25, 0.3) is 22.8 Å². The van der Waals surface area contributed by atoms with Crippen molar-refractivity contribution in [1.29, 1.82) is 0 Å². The average Bonchev–Trinajstić information content (AvgIpc) is 3.38. The topological polar surface area (TPSA) is 104 Å². The van der Waals surface area contributed by atoms with Crippen LogP contribution < -0.4 is 5.43 Å². The molecule has 166 valence electrons. The van der Waals surface area contributed by atoms with Crippen LogP contribution in [0.1, 0.15) is 0 Å². The summed E-state index contributed by atoms with van der Waals surface area (Å²) >= 11 is 10.5. The maximum Gasteiger partial charge on any atom is 0.195 e. The Labute approximate surface area is 200 Å². The molecule has 0 aliphatic heterocycles. The van der Waals surface area contributed by atoms with Crippen molar-refractivity contribution in [1.82, 2.24) is 29.5 Å². The number of nitrogens with one attached hydrogen (secondary N) is 3. The van der Waals surface area contributed by atoms with Crippen LogP contribution in [0.2, 0.25) is 0 Å². The summed E-state index contributed by atoms with van der Waals surface area (Å²) < 4.78 is 4.86. The predicted molar refractivity (Wildman–Crippen MR) is 134 cm³/mol. The van der Waals surface area contributed by atoms with Gasteiger partial charge < -0.3 is 0 Å². The first-order valence-electron chi connectivity index (χ1n) is 10.0. The summed E-state index contributed by atoms with van der Waals surface area (Å²) in [7, 11) is 0. The monoisotopic (exact) mass is 475 g/mol. The minimum absolute atomic E-state index is 0.552. The number of anilines is 1. The van der Waals surface area contributed by atoms with Crippen LogP contribution in [-0.4, -0.2) is 29.5 Å². The molecule has 0 atom stereocenters. The molecule has 0 aliphatic carbocycles. The van der Waals surface area contributed by atoms with Crippen LogP contribution in [0.3, 0.4) is 0 Å². The molecule has 33 heavy (non-hydrogen) atoms. The predicted octanol–water partition coefficient (Wildman–Crippen LogP) is 6.01. The maximum atomic E-state index is 5.27. The van der Waals surface area contributed by atoms with Gasteiger partial charge in [-0.3, -0.25) is 24.8 Å². The first-order chi connectivity index (χ1) is 16.1. The lowest BCUT2D eigenvalue weighted by Gasteiger charge is -2.05. The molecule has 0 unspecified atom stereocenters. The van der Waals surface area contributed by atoms with Gasteiger partial charge in [0.1, 0.15) is 0 Å². The zero-order chi connectivity index (χ0) is 23.2. The van der Waals surface area contributed by atoms with Gasteiger partial charge in [0.25, 0.3) is 0 Å². The van der Waals surface area contributed by atoms with Crippen LogP contribution in [0.5, 0.6) is 0 Å². The van der Waals surface area contributed by atoms with Gasteiger partial charge in [-0.05, 0) is 73.0 Å². The van der Waals surface area contributed by atoms with E-state index in [0.29, 0.717) is 28.3 Å². The summed E-state index contributed by atoms with van der Waals surface area (Å²) in [6.07, 6.45) is 3.56.